The Morgan fingerprint density at radius 2 is 2.10 bits per heavy atom. The minimum atomic E-state index is -1.04. The van der Waals surface area contributed by atoms with Gasteiger partial charge in [-0.05, 0) is 33.8 Å². The number of nitrogens with zero attached hydrogens (tertiary/aromatic N) is 2. The SMILES string of the molecule is Cc1nccc([C@@H](CC(=O)O)NC(=O)OC(C)(C)C)n1. The van der Waals surface area contributed by atoms with Gasteiger partial charge in [0.05, 0.1) is 18.2 Å². The highest BCUT2D eigenvalue weighted by molar-refractivity contribution is 5.72. The molecule has 0 bridgehead atoms. The molecule has 0 aromatic carbocycles. The molecular weight excluding hydrogens is 262 g/mol. The van der Waals surface area contributed by atoms with Crippen LogP contribution in [0.15, 0.2) is 12.3 Å². The highest BCUT2D eigenvalue weighted by atomic mass is 16.6. The molecule has 0 aliphatic carbocycles. The van der Waals surface area contributed by atoms with E-state index in [9.17, 15) is 9.59 Å². The zero-order valence-corrected chi connectivity index (χ0v) is 12.0. The van der Waals surface area contributed by atoms with Crippen LogP contribution in [0.5, 0.6) is 0 Å². The third-order valence-electron chi connectivity index (χ3n) is 2.22. The number of ether oxygens (including phenoxy) is 1. The van der Waals surface area contributed by atoms with Crippen molar-refractivity contribution >= 4 is 12.1 Å². The molecule has 0 radical (unpaired) electrons. The lowest BCUT2D eigenvalue weighted by Crippen LogP contribution is -2.36. The second-order valence-corrected chi connectivity index (χ2v) is 5.33. The van der Waals surface area contributed by atoms with E-state index in [-0.39, 0.29) is 6.42 Å². The van der Waals surface area contributed by atoms with Gasteiger partial charge < -0.3 is 15.2 Å². The number of aryl methyl sites for hydroxylation is 1. The summed E-state index contributed by atoms with van der Waals surface area (Å²) < 4.78 is 5.12. The highest BCUT2D eigenvalue weighted by Crippen LogP contribution is 2.16. The van der Waals surface area contributed by atoms with Gasteiger partial charge in [-0.2, -0.15) is 0 Å². The van der Waals surface area contributed by atoms with Crippen molar-refractivity contribution in [2.45, 2.75) is 45.8 Å². The van der Waals surface area contributed by atoms with Gasteiger partial charge in [0.15, 0.2) is 0 Å². The minimum Gasteiger partial charge on any atom is -0.481 e. The van der Waals surface area contributed by atoms with E-state index in [1.165, 1.54) is 6.20 Å². The number of hydrogen-bond donors (Lipinski definition) is 2. The first kappa shape index (κ1) is 15.9. The van der Waals surface area contributed by atoms with Crippen molar-refractivity contribution < 1.29 is 19.4 Å². The first-order chi connectivity index (χ1) is 9.17. The van der Waals surface area contributed by atoms with Gasteiger partial charge in [-0.1, -0.05) is 0 Å². The first-order valence-electron chi connectivity index (χ1n) is 6.18. The van der Waals surface area contributed by atoms with Crippen molar-refractivity contribution in [3.05, 3.63) is 23.8 Å². The van der Waals surface area contributed by atoms with Crippen molar-refractivity contribution in [1.82, 2.24) is 15.3 Å². The fourth-order valence-electron chi connectivity index (χ4n) is 1.52. The molecule has 1 rings (SSSR count). The van der Waals surface area contributed by atoms with Gasteiger partial charge in [0.1, 0.15) is 11.4 Å². The van der Waals surface area contributed by atoms with Crippen LogP contribution in [-0.2, 0) is 9.53 Å². The Labute approximate surface area is 117 Å². The van der Waals surface area contributed by atoms with E-state index in [0.717, 1.165) is 0 Å². The Hall–Kier alpha value is -2.18. The lowest BCUT2D eigenvalue weighted by atomic mass is 10.1. The molecule has 1 aromatic heterocycles. The molecule has 0 aliphatic rings. The number of carboxylic acid groups (broad SMARTS) is 1. The molecule has 0 aliphatic heterocycles. The lowest BCUT2D eigenvalue weighted by molar-refractivity contribution is -0.137. The number of carboxylic acids is 1. The molecule has 0 spiro atoms. The number of carbonyl (C=O) groups is 2. The number of aliphatic carboxylic acids is 1. The average Bonchev–Trinajstić information content (AvgIpc) is 2.24. The number of carbonyl (C=O) groups excluding carboxylic acids is 1. The molecular formula is C13H19N3O4. The highest BCUT2D eigenvalue weighted by Gasteiger charge is 2.23. The summed E-state index contributed by atoms with van der Waals surface area (Å²) in [6.07, 6.45) is 0.555. The first-order valence-corrected chi connectivity index (χ1v) is 6.18. The van der Waals surface area contributed by atoms with Gasteiger partial charge >= 0.3 is 12.1 Å². The van der Waals surface area contributed by atoms with Crippen molar-refractivity contribution in [3.63, 3.8) is 0 Å². The Bertz CT molecular complexity index is 497. The standard InChI is InChI=1S/C13H19N3O4/c1-8-14-6-5-9(15-8)10(7-11(17)18)16-12(19)20-13(2,3)4/h5-6,10H,7H2,1-4H3,(H,16,19)(H,17,18)/t10-/m1/s1. The zero-order chi connectivity index (χ0) is 15.3. The predicted octanol–water partition coefficient (Wildman–Crippen LogP) is 1.83. The van der Waals surface area contributed by atoms with Crippen LogP contribution in [0.1, 0.15) is 44.8 Å². The Balaban J connectivity index is 2.85. The maximum Gasteiger partial charge on any atom is 0.408 e. The largest absolute Gasteiger partial charge is 0.481 e. The van der Waals surface area contributed by atoms with Crippen molar-refractivity contribution in [3.8, 4) is 0 Å². The van der Waals surface area contributed by atoms with Gasteiger partial charge in [0, 0.05) is 6.20 Å². The maximum atomic E-state index is 11.7. The van der Waals surface area contributed by atoms with E-state index in [2.05, 4.69) is 15.3 Å². The predicted molar refractivity (Wildman–Crippen MR) is 71.1 cm³/mol. The minimum absolute atomic E-state index is 0.282. The van der Waals surface area contributed by atoms with Crippen molar-refractivity contribution in [2.24, 2.45) is 0 Å². The normalized spacial score (nSPS) is 12.6. The molecule has 1 atom stereocenters. The fraction of sp³-hybridized carbons (Fsp3) is 0.538. The number of hydrogen-bond acceptors (Lipinski definition) is 5. The summed E-state index contributed by atoms with van der Waals surface area (Å²) in [6, 6.07) is 0.807. The maximum absolute atomic E-state index is 11.7. The molecule has 7 nitrogen and oxygen atoms in total. The fourth-order valence-corrected chi connectivity index (χ4v) is 1.52. The summed E-state index contributed by atoms with van der Waals surface area (Å²) >= 11 is 0. The number of nitrogens with one attached hydrogen (secondary N) is 1. The molecule has 1 aromatic rings. The van der Waals surface area contributed by atoms with E-state index >= 15 is 0 Å². The van der Waals surface area contributed by atoms with Gasteiger partial charge in [0.25, 0.3) is 0 Å². The van der Waals surface area contributed by atoms with Crippen LogP contribution in [0, 0.1) is 6.92 Å². The second kappa shape index (κ2) is 6.31. The molecule has 110 valence electrons. The van der Waals surface area contributed by atoms with E-state index in [0.29, 0.717) is 11.5 Å². The molecule has 0 saturated heterocycles. The summed E-state index contributed by atoms with van der Waals surface area (Å²) in [4.78, 5) is 30.7. The molecule has 7 heteroatoms. The van der Waals surface area contributed by atoms with E-state index < -0.39 is 23.7 Å². The molecule has 0 fully saturated rings. The van der Waals surface area contributed by atoms with Crippen LogP contribution in [-0.4, -0.2) is 32.7 Å². The molecule has 1 heterocycles. The monoisotopic (exact) mass is 281 g/mol. The Kier molecular flexibility index (Phi) is 5.01. The summed E-state index contributed by atoms with van der Waals surface area (Å²) in [7, 11) is 0. The van der Waals surface area contributed by atoms with Crippen LogP contribution in [0.25, 0.3) is 0 Å². The number of amides is 1. The van der Waals surface area contributed by atoms with Crippen molar-refractivity contribution in [1.29, 1.82) is 0 Å². The number of rotatable bonds is 4. The van der Waals surface area contributed by atoms with E-state index in [1.807, 2.05) is 0 Å². The topological polar surface area (TPSA) is 101 Å². The molecule has 1 amide bonds. The van der Waals surface area contributed by atoms with Gasteiger partial charge in [-0.15, -0.1) is 0 Å². The molecule has 20 heavy (non-hydrogen) atoms. The van der Waals surface area contributed by atoms with Gasteiger partial charge in [-0.3, -0.25) is 4.79 Å². The Morgan fingerprint density at radius 1 is 1.45 bits per heavy atom. The third-order valence-corrected chi connectivity index (χ3v) is 2.22. The number of alkyl carbamates (subject to hydrolysis) is 1. The lowest BCUT2D eigenvalue weighted by Gasteiger charge is -2.22. The number of aromatic nitrogens is 2. The quantitative estimate of drug-likeness (QED) is 0.873. The van der Waals surface area contributed by atoms with Crippen LogP contribution < -0.4 is 5.32 Å². The Morgan fingerprint density at radius 3 is 2.60 bits per heavy atom. The molecule has 2 N–H and O–H groups in total. The van der Waals surface area contributed by atoms with Crippen LogP contribution >= 0.6 is 0 Å². The van der Waals surface area contributed by atoms with Gasteiger partial charge in [0.2, 0.25) is 0 Å². The summed E-state index contributed by atoms with van der Waals surface area (Å²) in [5, 5.41) is 11.4. The van der Waals surface area contributed by atoms with Crippen LogP contribution in [0.3, 0.4) is 0 Å². The zero-order valence-electron chi connectivity index (χ0n) is 12.0. The van der Waals surface area contributed by atoms with Gasteiger partial charge in [-0.25, -0.2) is 14.8 Å². The summed E-state index contributed by atoms with van der Waals surface area (Å²) in [5.74, 6) is -0.536. The third kappa shape index (κ3) is 5.64. The average molecular weight is 281 g/mol. The van der Waals surface area contributed by atoms with Crippen molar-refractivity contribution in [2.75, 3.05) is 0 Å². The van der Waals surface area contributed by atoms with E-state index in [1.54, 1.807) is 33.8 Å². The summed E-state index contributed by atoms with van der Waals surface area (Å²) in [6.45, 7) is 6.88. The molecule has 0 unspecified atom stereocenters. The van der Waals surface area contributed by atoms with E-state index in [4.69, 9.17) is 9.84 Å². The van der Waals surface area contributed by atoms with Crippen LogP contribution in [0.4, 0.5) is 4.79 Å². The second-order valence-electron chi connectivity index (χ2n) is 5.33. The van der Waals surface area contributed by atoms with Crippen LogP contribution in [0.2, 0.25) is 0 Å². The summed E-state index contributed by atoms with van der Waals surface area (Å²) in [5.41, 5.74) is -0.217. The smallest absolute Gasteiger partial charge is 0.408 e. The molecule has 0 saturated carbocycles.